The summed E-state index contributed by atoms with van der Waals surface area (Å²) in [5.41, 5.74) is 2.38. The van der Waals surface area contributed by atoms with E-state index in [1.165, 1.54) is 0 Å². The summed E-state index contributed by atoms with van der Waals surface area (Å²) in [5, 5.41) is 8.22. The van der Waals surface area contributed by atoms with Gasteiger partial charge in [-0.1, -0.05) is 19.9 Å². The van der Waals surface area contributed by atoms with Gasteiger partial charge in [-0.05, 0) is 77.2 Å². The van der Waals surface area contributed by atoms with Crippen LogP contribution in [-0.4, -0.2) is 44.7 Å². The van der Waals surface area contributed by atoms with Gasteiger partial charge >= 0.3 is 0 Å². The molecule has 1 fully saturated rings. The van der Waals surface area contributed by atoms with Gasteiger partial charge in [0.05, 0.1) is 17.8 Å². The van der Waals surface area contributed by atoms with Crippen LogP contribution in [0.15, 0.2) is 30.5 Å². The molecule has 6 heteroatoms. The van der Waals surface area contributed by atoms with Crippen molar-refractivity contribution in [2.75, 3.05) is 13.1 Å². The molecule has 0 saturated carbocycles. The van der Waals surface area contributed by atoms with Crippen molar-refractivity contribution in [2.45, 2.75) is 77.9 Å². The zero-order valence-corrected chi connectivity index (χ0v) is 18.5. The first kappa shape index (κ1) is 21.5. The van der Waals surface area contributed by atoms with Crippen molar-refractivity contribution in [2.24, 2.45) is 0 Å². The van der Waals surface area contributed by atoms with E-state index < -0.39 is 0 Å². The van der Waals surface area contributed by atoms with Crippen LogP contribution >= 0.6 is 0 Å². The highest BCUT2D eigenvalue weighted by atomic mass is 16.2. The van der Waals surface area contributed by atoms with E-state index in [1.807, 2.05) is 33.8 Å². The molecule has 0 bridgehead atoms. The largest absolute Gasteiger partial charge is 0.328 e. The van der Waals surface area contributed by atoms with E-state index in [0.717, 1.165) is 43.7 Å². The van der Waals surface area contributed by atoms with Crippen LogP contribution in [0.3, 0.4) is 0 Å². The molecule has 0 radical (unpaired) electrons. The predicted octanol–water partition coefficient (Wildman–Crippen LogP) is 3.94. The Balaban J connectivity index is 1.95. The number of carbonyl (C=O) groups is 1. The molecular formula is C23H35N5O. The van der Waals surface area contributed by atoms with Gasteiger partial charge in [-0.2, -0.15) is 5.10 Å². The van der Waals surface area contributed by atoms with Crippen molar-refractivity contribution >= 4 is 5.91 Å². The predicted molar refractivity (Wildman–Crippen MR) is 116 cm³/mol. The van der Waals surface area contributed by atoms with Crippen LogP contribution in [0.25, 0.3) is 0 Å². The average molecular weight is 398 g/mol. The summed E-state index contributed by atoms with van der Waals surface area (Å²) >= 11 is 0. The van der Waals surface area contributed by atoms with Gasteiger partial charge in [-0.25, -0.2) is 0 Å². The Morgan fingerprint density at radius 1 is 1.28 bits per heavy atom. The fourth-order valence-corrected chi connectivity index (χ4v) is 3.94. The lowest BCUT2D eigenvalue weighted by Gasteiger charge is -2.30. The third kappa shape index (κ3) is 5.24. The topological polar surface area (TPSA) is 63.1 Å². The van der Waals surface area contributed by atoms with Crippen molar-refractivity contribution in [3.63, 3.8) is 0 Å². The van der Waals surface area contributed by atoms with Crippen LogP contribution in [0.2, 0.25) is 0 Å². The van der Waals surface area contributed by atoms with E-state index in [-0.39, 0.29) is 17.5 Å². The Kier molecular flexibility index (Phi) is 6.73. The Bertz CT molecular complexity index is 798. The van der Waals surface area contributed by atoms with Gasteiger partial charge in [0.25, 0.3) is 5.91 Å². The minimum atomic E-state index is -0.170. The highest BCUT2D eigenvalue weighted by molar-refractivity contribution is 5.92. The Labute approximate surface area is 174 Å². The minimum absolute atomic E-state index is 0.00690. The van der Waals surface area contributed by atoms with Gasteiger partial charge in [-0.3, -0.25) is 14.5 Å². The molecule has 1 amide bonds. The van der Waals surface area contributed by atoms with Crippen LogP contribution in [0.1, 0.15) is 81.7 Å². The van der Waals surface area contributed by atoms with Gasteiger partial charge in [0.2, 0.25) is 0 Å². The van der Waals surface area contributed by atoms with Crippen molar-refractivity contribution in [1.82, 2.24) is 25.0 Å². The normalized spacial score (nSPS) is 17.9. The molecule has 1 aliphatic heterocycles. The lowest BCUT2D eigenvalue weighted by Crippen LogP contribution is -2.41. The fraction of sp³-hybridized carbons (Fsp3) is 0.609. The molecule has 1 aliphatic rings. The van der Waals surface area contributed by atoms with Crippen LogP contribution in [-0.2, 0) is 12.1 Å². The summed E-state index contributed by atoms with van der Waals surface area (Å²) in [7, 11) is 0. The molecule has 0 aliphatic carbocycles. The molecule has 1 saturated heterocycles. The maximum atomic E-state index is 13.7. The third-order valence-corrected chi connectivity index (χ3v) is 5.49. The molecule has 2 aromatic rings. The Morgan fingerprint density at radius 2 is 2.07 bits per heavy atom. The van der Waals surface area contributed by atoms with Gasteiger partial charge in [0.1, 0.15) is 0 Å². The number of carbonyl (C=O) groups excluding carboxylic acids is 1. The van der Waals surface area contributed by atoms with Crippen molar-refractivity contribution in [1.29, 1.82) is 0 Å². The molecule has 29 heavy (non-hydrogen) atoms. The molecule has 6 nitrogen and oxygen atoms in total. The maximum Gasteiger partial charge on any atom is 0.274 e. The van der Waals surface area contributed by atoms with Gasteiger partial charge < -0.3 is 10.2 Å². The second-order valence-electron chi connectivity index (χ2n) is 9.28. The molecule has 2 aromatic heterocycles. The molecular weight excluding hydrogens is 362 g/mol. The second-order valence-corrected chi connectivity index (χ2v) is 9.28. The number of hydrogen-bond donors (Lipinski definition) is 1. The first-order valence-electron chi connectivity index (χ1n) is 10.8. The van der Waals surface area contributed by atoms with E-state index in [2.05, 4.69) is 44.9 Å². The number of amides is 1. The molecule has 3 heterocycles. The number of nitrogens with zero attached hydrogens (tertiary/aromatic N) is 4. The number of hydrogen-bond acceptors (Lipinski definition) is 4. The maximum absolute atomic E-state index is 13.7. The van der Waals surface area contributed by atoms with Gasteiger partial charge in [0, 0.05) is 17.9 Å². The third-order valence-electron chi connectivity index (χ3n) is 5.49. The monoisotopic (exact) mass is 397 g/mol. The zero-order chi connectivity index (χ0) is 21.0. The molecule has 0 spiro atoms. The lowest BCUT2D eigenvalue weighted by atomic mass is 10.0. The molecule has 1 atom stereocenters. The first-order chi connectivity index (χ1) is 13.8. The average Bonchev–Trinajstić information content (AvgIpc) is 2.98. The van der Waals surface area contributed by atoms with Crippen molar-refractivity contribution < 1.29 is 4.79 Å². The van der Waals surface area contributed by atoms with Crippen LogP contribution < -0.4 is 5.32 Å². The summed E-state index contributed by atoms with van der Waals surface area (Å²) in [5.74, 6) is 0.307. The summed E-state index contributed by atoms with van der Waals surface area (Å²) < 4.78 is 2.01. The highest BCUT2D eigenvalue weighted by Gasteiger charge is 2.30. The fourth-order valence-electron chi connectivity index (χ4n) is 3.94. The minimum Gasteiger partial charge on any atom is -0.328 e. The molecule has 158 valence electrons. The molecule has 3 rings (SSSR count). The summed E-state index contributed by atoms with van der Waals surface area (Å²) in [6.07, 6.45) is 4.82. The van der Waals surface area contributed by atoms with Crippen molar-refractivity contribution in [3.05, 3.63) is 47.5 Å². The van der Waals surface area contributed by atoms with Gasteiger partial charge in [-0.15, -0.1) is 0 Å². The van der Waals surface area contributed by atoms with Gasteiger partial charge in [0.15, 0.2) is 5.69 Å². The summed E-state index contributed by atoms with van der Waals surface area (Å²) in [4.78, 5) is 20.1. The van der Waals surface area contributed by atoms with E-state index >= 15 is 0 Å². The highest BCUT2D eigenvalue weighted by Crippen LogP contribution is 2.26. The smallest absolute Gasteiger partial charge is 0.274 e. The van der Waals surface area contributed by atoms with Crippen LogP contribution in [0.5, 0.6) is 0 Å². The molecule has 1 N–H and O–H groups in total. The zero-order valence-electron chi connectivity index (χ0n) is 18.5. The summed E-state index contributed by atoms with van der Waals surface area (Å²) in [6, 6.07) is 8.05. The lowest BCUT2D eigenvalue weighted by molar-refractivity contribution is 0.0634. The van der Waals surface area contributed by atoms with E-state index in [4.69, 9.17) is 5.10 Å². The van der Waals surface area contributed by atoms with E-state index in [9.17, 15) is 4.79 Å². The standard InChI is InChI=1S/C23H35N5O/c1-17(2)21-15-20(26-28(21)23(3,4)5)22(29)27(16-18-9-6-7-13-25-18)19-10-8-12-24-14-11-19/h6-7,9,13,15,17,19,24H,8,10-12,14,16H2,1-5H3. The Morgan fingerprint density at radius 3 is 2.69 bits per heavy atom. The van der Waals surface area contributed by atoms with Crippen LogP contribution in [0.4, 0.5) is 0 Å². The number of aromatic nitrogens is 3. The van der Waals surface area contributed by atoms with Crippen molar-refractivity contribution in [3.8, 4) is 0 Å². The SMILES string of the molecule is CC(C)c1cc(C(=O)N(Cc2ccccn2)C2CCCNCC2)nn1C(C)(C)C. The quantitative estimate of drug-likeness (QED) is 0.830. The molecule has 1 unspecified atom stereocenters. The van der Waals surface area contributed by atoms with Crippen LogP contribution in [0, 0.1) is 0 Å². The number of pyridine rings is 1. The molecule has 0 aromatic carbocycles. The summed E-state index contributed by atoms with van der Waals surface area (Å²) in [6.45, 7) is 13.1. The second kappa shape index (κ2) is 9.08. The Hall–Kier alpha value is -2.21. The number of rotatable bonds is 5. The first-order valence-corrected chi connectivity index (χ1v) is 10.8. The van der Waals surface area contributed by atoms with E-state index in [1.54, 1.807) is 6.20 Å². The number of nitrogens with one attached hydrogen (secondary N) is 1. The van der Waals surface area contributed by atoms with E-state index in [0.29, 0.717) is 18.2 Å².